The maximum absolute atomic E-state index is 12.5. The summed E-state index contributed by atoms with van der Waals surface area (Å²) in [6, 6.07) is 16.1. The van der Waals surface area contributed by atoms with Gasteiger partial charge >= 0.3 is 0 Å². The summed E-state index contributed by atoms with van der Waals surface area (Å²) >= 11 is 1.54. The molecule has 2 aromatic carbocycles. The van der Waals surface area contributed by atoms with Gasteiger partial charge in [0.1, 0.15) is 0 Å². The van der Waals surface area contributed by atoms with E-state index in [0.29, 0.717) is 13.2 Å². The molecule has 0 bridgehead atoms. The van der Waals surface area contributed by atoms with Gasteiger partial charge in [-0.05, 0) is 35.1 Å². The number of hydrogen-bond acceptors (Lipinski definition) is 3. The van der Waals surface area contributed by atoms with Crippen molar-refractivity contribution in [3.63, 3.8) is 0 Å². The average molecular weight is 325 g/mol. The molecule has 0 saturated carbocycles. The van der Waals surface area contributed by atoms with E-state index in [1.54, 1.807) is 18.4 Å². The molecule has 3 nitrogen and oxygen atoms in total. The van der Waals surface area contributed by atoms with Gasteiger partial charge in [0.15, 0.2) is 0 Å². The van der Waals surface area contributed by atoms with E-state index in [9.17, 15) is 4.79 Å². The van der Waals surface area contributed by atoms with Crippen molar-refractivity contribution < 1.29 is 9.53 Å². The maximum Gasteiger partial charge on any atom is 0.261 e. The highest BCUT2D eigenvalue weighted by Crippen LogP contribution is 2.30. The Labute approximate surface area is 139 Å². The Balaban J connectivity index is 1.78. The highest BCUT2D eigenvalue weighted by Gasteiger charge is 2.15. The molecule has 0 unspecified atom stereocenters. The summed E-state index contributed by atoms with van der Waals surface area (Å²) in [5.41, 5.74) is 3.23. The van der Waals surface area contributed by atoms with Gasteiger partial charge in [0.2, 0.25) is 0 Å². The number of nitrogens with one attached hydrogen (secondary N) is 1. The molecule has 1 N–H and O–H groups in total. The van der Waals surface area contributed by atoms with Gasteiger partial charge in [-0.3, -0.25) is 4.79 Å². The fraction of sp³-hybridized carbons (Fsp3) is 0.211. The van der Waals surface area contributed by atoms with Crippen LogP contribution in [-0.4, -0.2) is 13.0 Å². The van der Waals surface area contributed by atoms with E-state index in [0.717, 1.165) is 31.7 Å². The molecule has 3 rings (SSSR count). The minimum atomic E-state index is -0.0177. The number of fused-ring (bicyclic) bond motifs is 1. The quantitative estimate of drug-likeness (QED) is 0.760. The molecule has 4 heteroatoms. The van der Waals surface area contributed by atoms with Crippen LogP contribution in [0.2, 0.25) is 0 Å². The predicted molar refractivity (Wildman–Crippen MR) is 94.9 cm³/mol. The lowest BCUT2D eigenvalue weighted by molar-refractivity contribution is 0.0954. The Morgan fingerprint density at radius 3 is 2.52 bits per heavy atom. The lowest BCUT2D eigenvalue weighted by Gasteiger charge is -2.10. The number of methoxy groups -OCH3 is 1. The summed E-state index contributed by atoms with van der Waals surface area (Å²) in [6.45, 7) is 3.06. The second kappa shape index (κ2) is 6.94. The van der Waals surface area contributed by atoms with Crippen LogP contribution in [0, 0.1) is 6.92 Å². The number of carbonyl (C=O) groups is 1. The summed E-state index contributed by atoms with van der Waals surface area (Å²) in [4.78, 5) is 13.3. The molecule has 0 aliphatic rings. The summed E-state index contributed by atoms with van der Waals surface area (Å²) in [7, 11) is 1.68. The Morgan fingerprint density at radius 1 is 1.09 bits per heavy atom. The lowest BCUT2D eigenvalue weighted by atomic mass is 10.1. The number of aryl methyl sites for hydroxylation is 1. The molecule has 0 atom stereocenters. The highest BCUT2D eigenvalue weighted by atomic mass is 32.1. The van der Waals surface area contributed by atoms with Crippen molar-refractivity contribution >= 4 is 27.3 Å². The van der Waals surface area contributed by atoms with Crippen LogP contribution in [-0.2, 0) is 17.9 Å². The Morgan fingerprint density at radius 2 is 1.78 bits per heavy atom. The van der Waals surface area contributed by atoms with Gasteiger partial charge in [-0.15, -0.1) is 11.3 Å². The first-order valence-electron chi connectivity index (χ1n) is 7.52. The van der Waals surface area contributed by atoms with Crippen molar-refractivity contribution in [1.82, 2.24) is 5.32 Å². The van der Waals surface area contributed by atoms with Gasteiger partial charge in [0.25, 0.3) is 5.91 Å². The van der Waals surface area contributed by atoms with Crippen molar-refractivity contribution in [1.29, 1.82) is 0 Å². The number of carbonyl (C=O) groups excluding carboxylic acids is 1. The standard InChI is InChI=1S/C19H19NO2S/c1-13-16-9-5-6-10-17(16)23-18(13)19(21)20-11-14-7-3-4-8-15(14)12-22-2/h3-10H,11-12H2,1-2H3,(H,20,21). The van der Waals surface area contributed by atoms with Crippen LogP contribution in [0.4, 0.5) is 0 Å². The fourth-order valence-electron chi connectivity index (χ4n) is 2.67. The van der Waals surface area contributed by atoms with E-state index >= 15 is 0 Å². The van der Waals surface area contributed by atoms with E-state index in [2.05, 4.69) is 17.4 Å². The molecule has 3 aromatic rings. The van der Waals surface area contributed by atoms with Crippen LogP contribution in [0.5, 0.6) is 0 Å². The minimum Gasteiger partial charge on any atom is -0.380 e. The normalized spacial score (nSPS) is 10.9. The molecule has 0 saturated heterocycles. The zero-order chi connectivity index (χ0) is 16.2. The van der Waals surface area contributed by atoms with Crippen LogP contribution >= 0.6 is 11.3 Å². The van der Waals surface area contributed by atoms with Crippen molar-refractivity contribution in [3.05, 3.63) is 70.1 Å². The second-order valence-corrected chi connectivity index (χ2v) is 6.49. The van der Waals surface area contributed by atoms with E-state index in [1.165, 1.54) is 0 Å². The van der Waals surface area contributed by atoms with Crippen LogP contribution in [0.3, 0.4) is 0 Å². The van der Waals surface area contributed by atoms with Crippen molar-refractivity contribution in [2.75, 3.05) is 7.11 Å². The largest absolute Gasteiger partial charge is 0.380 e. The first kappa shape index (κ1) is 15.7. The number of thiophene rings is 1. The van der Waals surface area contributed by atoms with E-state index < -0.39 is 0 Å². The van der Waals surface area contributed by atoms with Crippen molar-refractivity contribution in [2.45, 2.75) is 20.1 Å². The second-order valence-electron chi connectivity index (χ2n) is 5.44. The first-order valence-corrected chi connectivity index (χ1v) is 8.34. The van der Waals surface area contributed by atoms with Crippen molar-refractivity contribution in [2.24, 2.45) is 0 Å². The van der Waals surface area contributed by atoms with E-state index in [-0.39, 0.29) is 5.91 Å². The van der Waals surface area contributed by atoms with Gasteiger partial charge in [0, 0.05) is 18.4 Å². The third kappa shape index (κ3) is 3.28. The first-order chi connectivity index (χ1) is 11.2. The zero-order valence-electron chi connectivity index (χ0n) is 13.3. The van der Waals surface area contributed by atoms with Crippen molar-refractivity contribution in [3.8, 4) is 0 Å². The van der Waals surface area contributed by atoms with E-state index in [1.807, 2.05) is 43.3 Å². The molecular formula is C19H19NO2S. The molecule has 1 aromatic heterocycles. The summed E-state index contributed by atoms with van der Waals surface area (Å²) in [6.07, 6.45) is 0. The SMILES string of the molecule is COCc1ccccc1CNC(=O)c1sc2ccccc2c1C. The van der Waals surface area contributed by atoms with Gasteiger partial charge in [-0.2, -0.15) is 0 Å². The topological polar surface area (TPSA) is 38.3 Å². The molecule has 118 valence electrons. The predicted octanol–water partition coefficient (Wildman–Crippen LogP) is 4.29. The van der Waals surface area contributed by atoms with Gasteiger partial charge < -0.3 is 10.1 Å². The van der Waals surface area contributed by atoms with Gasteiger partial charge in [-0.25, -0.2) is 0 Å². The summed E-state index contributed by atoms with van der Waals surface area (Å²) in [5, 5.41) is 4.19. The third-order valence-corrected chi connectivity index (χ3v) is 5.18. The van der Waals surface area contributed by atoms with Gasteiger partial charge in [0.05, 0.1) is 11.5 Å². The summed E-state index contributed by atoms with van der Waals surface area (Å²) < 4.78 is 6.36. The van der Waals surface area contributed by atoms with E-state index in [4.69, 9.17) is 4.74 Å². The molecular weight excluding hydrogens is 306 g/mol. The molecule has 23 heavy (non-hydrogen) atoms. The molecule has 0 radical (unpaired) electrons. The Hall–Kier alpha value is -2.17. The maximum atomic E-state index is 12.5. The fourth-order valence-corrected chi connectivity index (χ4v) is 3.80. The Kier molecular flexibility index (Phi) is 4.74. The van der Waals surface area contributed by atoms with Crippen LogP contribution in [0.25, 0.3) is 10.1 Å². The molecule has 0 fully saturated rings. The Bertz CT molecular complexity index is 838. The van der Waals surface area contributed by atoms with Crippen LogP contribution in [0.1, 0.15) is 26.4 Å². The number of amides is 1. The summed E-state index contributed by atoms with van der Waals surface area (Å²) in [5.74, 6) is -0.0177. The van der Waals surface area contributed by atoms with Crippen LogP contribution in [0.15, 0.2) is 48.5 Å². The lowest BCUT2D eigenvalue weighted by Crippen LogP contribution is -2.23. The average Bonchev–Trinajstić information content (AvgIpc) is 2.91. The number of hydrogen-bond donors (Lipinski definition) is 1. The number of benzene rings is 2. The smallest absolute Gasteiger partial charge is 0.261 e. The minimum absolute atomic E-state index is 0.0177. The number of ether oxygens (including phenoxy) is 1. The number of rotatable bonds is 5. The molecule has 0 aliphatic heterocycles. The van der Waals surface area contributed by atoms with Crippen LogP contribution < -0.4 is 5.32 Å². The molecule has 1 amide bonds. The monoisotopic (exact) mass is 325 g/mol. The molecule has 0 aliphatic carbocycles. The zero-order valence-corrected chi connectivity index (χ0v) is 14.1. The highest BCUT2D eigenvalue weighted by molar-refractivity contribution is 7.21. The van der Waals surface area contributed by atoms with Gasteiger partial charge in [-0.1, -0.05) is 42.5 Å². The molecule has 1 heterocycles. The molecule has 0 spiro atoms. The third-order valence-electron chi connectivity index (χ3n) is 3.91.